The number of fused-ring (bicyclic) bond motifs is 1. The fourth-order valence-electron chi connectivity index (χ4n) is 3.12. The van der Waals surface area contributed by atoms with Gasteiger partial charge in [0.15, 0.2) is 11.5 Å². The van der Waals surface area contributed by atoms with Crippen molar-refractivity contribution in [3.63, 3.8) is 0 Å². The maximum absolute atomic E-state index is 13.2. The summed E-state index contributed by atoms with van der Waals surface area (Å²) < 4.78 is 16.7. The third-order valence-electron chi connectivity index (χ3n) is 4.44. The average molecular weight is 398 g/mol. The van der Waals surface area contributed by atoms with Gasteiger partial charge in [0.1, 0.15) is 19.0 Å². The number of benzene rings is 1. The first kappa shape index (κ1) is 18.6. The van der Waals surface area contributed by atoms with Gasteiger partial charge >= 0.3 is 0 Å². The van der Waals surface area contributed by atoms with Crippen LogP contribution in [0.4, 0.5) is 5.69 Å². The lowest BCUT2D eigenvalue weighted by molar-refractivity contribution is -0.119. The molecule has 0 fully saturated rings. The normalized spacial score (nSPS) is 12.9. The number of carbonyl (C=O) groups excluding carboxylic acids is 1. The van der Waals surface area contributed by atoms with Gasteiger partial charge in [0.05, 0.1) is 25.9 Å². The fourth-order valence-corrected chi connectivity index (χ4v) is 3.82. The van der Waals surface area contributed by atoms with Crippen molar-refractivity contribution < 1.29 is 18.7 Å². The largest absolute Gasteiger partial charge is 0.486 e. The van der Waals surface area contributed by atoms with Gasteiger partial charge < -0.3 is 18.8 Å². The summed E-state index contributed by atoms with van der Waals surface area (Å²) in [5, 5.41) is 2.02. The lowest BCUT2D eigenvalue weighted by Gasteiger charge is -2.27. The Morgan fingerprint density at radius 1 is 1.07 bits per heavy atom. The van der Waals surface area contributed by atoms with Crippen LogP contribution >= 0.6 is 11.3 Å². The molecule has 0 atom stereocenters. The van der Waals surface area contributed by atoms with Crippen molar-refractivity contribution in [2.24, 2.45) is 0 Å². The van der Waals surface area contributed by atoms with Gasteiger partial charge in [-0.05, 0) is 42.8 Å². The number of nitrogens with zero attached hydrogens (tertiary/aromatic N) is 2. The van der Waals surface area contributed by atoms with Crippen LogP contribution in [0.3, 0.4) is 0 Å². The summed E-state index contributed by atoms with van der Waals surface area (Å²) in [5.74, 6) is 2.24. The monoisotopic (exact) mass is 398 g/mol. The Labute approximate surface area is 167 Å². The molecule has 4 rings (SSSR count). The molecule has 0 radical (unpaired) electrons. The zero-order chi connectivity index (χ0) is 19.3. The molecular formula is C21H22N2O4S. The van der Waals surface area contributed by atoms with Crippen molar-refractivity contribution in [1.82, 2.24) is 4.90 Å². The van der Waals surface area contributed by atoms with E-state index in [4.69, 9.17) is 13.9 Å². The average Bonchev–Trinajstić information content (AvgIpc) is 3.39. The predicted octanol–water partition coefficient (Wildman–Crippen LogP) is 3.78. The van der Waals surface area contributed by atoms with Crippen LogP contribution < -0.4 is 14.4 Å². The highest BCUT2D eigenvalue weighted by Crippen LogP contribution is 2.34. The first-order valence-electron chi connectivity index (χ1n) is 9.12. The van der Waals surface area contributed by atoms with Crippen molar-refractivity contribution in [3.8, 4) is 11.5 Å². The number of thiophene rings is 1. The highest BCUT2D eigenvalue weighted by atomic mass is 32.1. The maximum Gasteiger partial charge on any atom is 0.241 e. The van der Waals surface area contributed by atoms with E-state index >= 15 is 0 Å². The van der Waals surface area contributed by atoms with Gasteiger partial charge in [-0.1, -0.05) is 6.07 Å². The van der Waals surface area contributed by atoms with Crippen molar-refractivity contribution in [2.45, 2.75) is 13.1 Å². The van der Waals surface area contributed by atoms with Crippen LogP contribution in [0.5, 0.6) is 11.5 Å². The molecule has 0 aliphatic carbocycles. The molecule has 1 amide bonds. The molecule has 3 heterocycles. The van der Waals surface area contributed by atoms with E-state index in [0.717, 1.165) is 16.3 Å². The van der Waals surface area contributed by atoms with Crippen LogP contribution in [0.25, 0.3) is 0 Å². The minimum absolute atomic E-state index is 0.0131. The standard InChI is InChI=1S/C21H22N2O4S/c1-22(13-17-4-2-8-25-17)15-21(24)23(14-18-5-3-11-28-18)16-6-7-19-20(12-16)27-10-9-26-19/h2-8,11-12H,9-10,13-15H2,1H3. The Morgan fingerprint density at radius 2 is 1.93 bits per heavy atom. The molecule has 1 aliphatic heterocycles. The summed E-state index contributed by atoms with van der Waals surface area (Å²) in [5.41, 5.74) is 0.800. The molecule has 3 aromatic rings. The molecule has 1 aliphatic rings. The molecule has 0 bridgehead atoms. The second-order valence-corrected chi connectivity index (χ2v) is 7.67. The van der Waals surface area contributed by atoms with E-state index in [1.54, 1.807) is 22.5 Å². The quantitative estimate of drug-likeness (QED) is 0.606. The Hall–Kier alpha value is -2.77. The number of anilines is 1. The summed E-state index contributed by atoms with van der Waals surface area (Å²) in [4.78, 5) is 18.0. The molecule has 7 heteroatoms. The number of carbonyl (C=O) groups is 1. The summed E-state index contributed by atoms with van der Waals surface area (Å²) in [6.07, 6.45) is 1.64. The highest BCUT2D eigenvalue weighted by Gasteiger charge is 2.21. The predicted molar refractivity (Wildman–Crippen MR) is 108 cm³/mol. The molecule has 28 heavy (non-hydrogen) atoms. The van der Waals surface area contributed by atoms with Gasteiger partial charge in [-0.25, -0.2) is 0 Å². The molecule has 6 nitrogen and oxygen atoms in total. The number of furan rings is 1. The van der Waals surface area contributed by atoms with E-state index in [1.807, 2.05) is 59.8 Å². The third-order valence-corrected chi connectivity index (χ3v) is 5.30. The lowest BCUT2D eigenvalue weighted by Crippen LogP contribution is -2.38. The van der Waals surface area contributed by atoms with E-state index in [-0.39, 0.29) is 12.5 Å². The van der Waals surface area contributed by atoms with Gasteiger partial charge in [0, 0.05) is 16.6 Å². The van der Waals surface area contributed by atoms with Crippen LogP contribution in [0.2, 0.25) is 0 Å². The fraction of sp³-hybridized carbons (Fsp3) is 0.286. The first-order valence-corrected chi connectivity index (χ1v) is 10.0. The maximum atomic E-state index is 13.2. The molecule has 0 spiro atoms. The Balaban J connectivity index is 1.53. The van der Waals surface area contributed by atoms with Gasteiger partial charge in [0.25, 0.3) is 0 Å². The van der Waals surface area contributed by atoms with Crippen molar-refractivity contribution in [2.75, 3.05) is 31.7 Å². The minimum atomic E-state index is 0.0131. The van der Waals surface area contributed by atoms with Crippen molar-refractivity contribution >= 4 is 22.9 Å². The summed E-state index contributed by atoms with van der Waals surface area (Å²) in [6, 6.07) is 13.4. The number of likely N-dealkylation sites (N-methyl/N-ethyl adjacent to an activating group) is 1. The second kappa shape index (κ2) is 8.50. The smallest absolute Gasteiger partial charge is 0.241 e. The third kappa shape index (κ3) is 4.37. The number of amides is 1. The Morgan fingerprint density at radius 3 is 2.68 bits per heavy atom. The Bertz CT molecular complexity index is 909. The molecule has 2 aromatic heterocycles. The molecule has 146 valence electrons. The van der Waals surface area contributed by atoms with Crippen molar-refractivity contribution in [3.05, 3.63) is 64.7 Å². The number of hydrogen-bond donors (Lipinski definition) is 0. The summed E-state index contributed by atoms with van der Waals surface area (Å²) in [6.45, 7) is 2.43. The zero-order valence-electron chi connectivity index (χ0n) is 15.7. The second-order valence-electron chi connectivity index (χ2n) is 6.64. The van der Waals surface area contributed by atoms with E-state index < -0.39 is 0 Å². The molecule has 0 N–H and O–H groups in total. The van der Waals surface area contributed by atoms with Crippen LogP contribution in [0, 0.1) is 0 Å². The van der Waals surface area contributed by atoms with Gasteiger partial charge in [-0.3, -0.25) is 9.69 Å². The van der Waals surface area contributed by atoms with E-state index in [9.17, 15) is 4.79 Å². The highest BCUT2D eigenvalue weighted by molar-refractivity contribution is 7.09. The van der Waals surface area contributed by atoms with E-state index in [2.05, 4.69) is 0 Å². The van der Waals surface area contributed by atoms with E-state index in [0.29, 0.717) is 37.8 Å². The topological polar surface area (TPSA) is 55.2 Å². The zero-order valence-corrected chi connectivity index (χ0v) is 16.5. The van der Waals surface area contributed by atoms with Gasteiger partial charge in [-0.15, -0.1) is 11.3 Å². The SMILES string of the molecule is CN(CC(=O)N(Cc1cccs1)c1ccc2c(c1)OCCO2)Cc1ccco1. The molecule has 1 aromatic carbocycles. The van der Waals surface area contributed by atoms with Gasteiger partial charge in [-0.2, -0.15) is 0 Å². The number of ether oxygens (including phenoxy) is 2. The molecule has 0 saturated heterocycles. The summed E-state index contributed by atoms with van der Waals surface area (Å²) >= 11 is 1.64. The van der Waals surface area contributed by atoms with Crippen LogP contribution in [-0.4, -0.2) is 37.6 Å². The van der Waals surface area contributed by atoms with Crippen LogP contribution in [0.1, 0.15) is 10.6 Å². The van der Waals surface area contributed by atoms with Crippen LogP contribution in [0.15, 0.2) is 58.5 Å². The van der Waals surface area contributed by atoms with E-state index in [1.165, 1.54) is 0 Å². The molecular weight excluding hydrogens is 376 g/mol. The molecule has 0 unspecified atom stereocenters. The Kier molecular flexibility index (Phi) is 5.64. The lowest BCUT2D eigenvalue weighted by atomic mass is 10.2. The number of hydrogen-bond acceptors (Lipinski definition) is 6. The summed E-state index contributed by atoms with van der Waals surface area (Å²) in [7, 11) is 1.91. The van der Waals surface area contributed by atoms with Crippen molar-refractivity contribution in [1.29, 1.82) is 0 Å². The first-order chi connectivity index (χ1) is 13.7. The van der Waals surface area contributed by atoms with Gasteiger partial charge in [0.2, 0.25) is 5.91 Å². The molecule has 0 saturated carbocycles. The minimum Gasteiger partial charge on any atom is -0.486 e. The number of rotatable bonds is 7. The van der Waals surface area contributed by atoms with Crippen LogP contribution in [-0.2, 0) is 17.9 Å².